The minimum atomic E-state index is 0.00776. The molecule has 0 aromatic heterocycles. The van der Waals surface area contributed by atoms with Gasteiger partial charge < -0.3 is 11.1 Å². The van der Waals surface area contributed by atoms with E-state index in [1.807, 2.05) is 0 Å². The standard InChI is InChI=1S/C15H28N2O/c1-14(2)12(16)15(3,4)13(14)17-11(18)10-8-6-5-7-9-10/h10,12-13H,5-9,16H2,1-4H3,(H,17,18). The maximum absolute atomic E-state index is 12.3. The molecule has 1 amide bonds. The monoisotopic (exact) mass is 252 g/mol. The molecule has 3 heteroatoms. The average Bonchev–Trinajstić information content (AvgIpc) is 2.35. The number of hydrogen-bond acceptors (Lipinski definition) is 2. The minimum absolute atomic E-state index is 0.00776. The molecule has 0 aliphatic heterocycles. The molecule has 0 aromatic carbocycles. The van der Waals surface area contributed by atoms with Gasteiger partial charge in [-0.25, -0.2) is 0 Å². The third-order valence-corrected chi connectivity index (χ3v) is 5.35. The van der Waals surface area contributed by atoms with Gasteiger partial charge in [0.15, 0.2) is 0 Å². The number of nitrogens with two attached hydrogens (primary N) is 1. The van der Waals surface area contributed by atoms with E-state index in [0.717, 1.165) is 12.8 Å². The molecular weight excluding hydrogens is 224 g/mol. The lowest BCUT2D eigenvalue weighted by atomic mass is 9.48. The van der Waals surface area contributed by atoms with E-state index in [1.165, 1.54) is 19.3 Å². The summed E-state index contributed by atoms with van der Waals surface area (Å²) in [6.07, 6.45) is 5.82. The molecular formula is C15H28N2O. The fourth-order valence-electron chi connectivity index (χ4n) is 4.18. The molecule has 0 bridgehead atoms. The van der Waals surface area contributed by atoms with Crippen molar-refractivity contribution in [2.45, 2.75) is 71.9 Å². The van der Waals surface area contributed by atoms with E-state index in [2.05, 4.69) is 33.0 Å². The van der Waals surface area contributed by atoms with Gasteiger partial charge in [0.1, 0.15) is 0 Å². The number of amides is 1. The van der Waals surface area contributed by atoms with Crippen LogP contribution in [0.25, 0.3) is 0 Å². The molecule has 0 spiro atoms. The summed E-state index contributed by atoms with van der Waals surface area (Å²) in [5, 5.41) is 3.28. The van der Waals surface area contributed by atoms with E-state index in [4.69, 9.17) is 5.73 Å². The summed E-state index contributed by atoms with van der Waals surface area (Å²) >= 11 is 0. The molecule has 3 N–H and O–H groups in total. The predicted molar refractivity (Wildman–Crippen MR) is 74.0 cm³/mol. The first-order valence-corrected chi connectivity index (χ1v) is 7.34. The molecule has 0 saturated heterocycles. The molecule has 2 aliphatic carbocycles. The summed E-state index contributed by atoms with van der Waals surface area (Å²) in [5.74, 6) is 0.495. The van der Waals surface area contributed by atoms with Crippen LogP contribution in [-0.2, 0) is 4.79 Å². The highest BCUT2D eigenvalue weighted by Crippen LogP contribution is 2.52. The fraction of sp³-hybridized carbons (Fsp3) is 0.933. The number of nitrogens with one attached hydrogen (secondary N) is 1. The zero-order valence-electron chi connectivity index (χ0n) is 12.3. The van der Waals surface area contributed by atoms with E-state index in [-0.39, 0.29) is 34.7 Å². The van der Waals surface area contributed by atoms with Crippen LogP contribution < -0.4 is 11.1 Å². The van der Waals surface area contributed by atoms with Crippen LogP contribution in [0, 0.1) is 16.7 Å². The Morgan fingerprint density at radius 1 is 1.06 bits per heavy atom. The van der Waals surface area contributed by atoms with Crippen LogP contribution in [0.2, 0.25) is 0 Å². The van der Waals surface area contributed by atoms with Crippen molar-refractivity contribution in [2.75, 3.05) is 0 Å². The second-order valence-electron chi connectivity index (χ2n) is 7.40. The summed E-state index contributed by atoms with van der Waals surface area (Å²) in [5.41, 5.74) is 6.24. The van der Waals surface area contributed by atoms with Gasteiger partial charge in [-0.05, 0) is 12.8 Å². The van der Waals surface area contributed by atoms with Gasteiger partial charge in [-0.1, -0.05) is 47.0 Å². The van der Waals surface area contributed by atoms with Crippen LogP contribution in [0.4, 0.5) is 0 Å². The molecule has 0 unspecified atom stereocenters. The van der Waals surface area contributed by atoms with Gasteiger partial charge in [-0.15, -0.1) is 0 Å². The molecule has 2 saturated carbocycles. The van der Waals surface area contributed by atoms with Crippen molar-refractivity contribution in [1.82, 2.24) is 5.32 Å². The number of hydrogen-bond donors (Lipinski definition) is 2. The van der Waals surface area contributed by atoms with Crippen molar-refractivity contribution >= 4 is 5.91 Å². The summed E-state index contributed by atoms with van der Waals surface area (Å²) < 4.78 is 0. The largest absolute Gasteiger partial charge is 0.352 e. The minimum Gasteiger partial charge on any atom is -0.352 e. The SMILES string of the molecule is CC1(C)C(N)C(C)(C)C1NC(=O)C1CCCCC1. The lowest BCUT2D eigenvalue weighted by Gasteiger charge is -2.63. The number of carbonyl (C=O) groups is 1. The van der Waals surface area contributed by atoms with E-state index in [9.17, 15) is 4.79 Å². The first-order valence-electron chi connectivity index (χ1n) is 7.34. The molecule has 104 valence electrons. The van der Waals surface area contributed by atoms with Crippen molar-refractivity contribution in [1.29, 1.82) is 0 Å². The molecule has 0 radical (unpaired) electrons. The highest BCUT2D eigenvalue weighted by atomic mass is 16.2. The molecule has 3 nitrogen and oxygen atoms in total. The van der Waals surface area contributed by atoms with Crippen LogP contribution in [0.5, 0.6) is 0 Å². The maximum atomic E-state index is 12.3. The van der Waals surface area contributed by atoms with Gasteiger partial charge in [-0.2, -0.15) is 0 Å². The molecule has 2 fully saturated rings. The van der Waals surface area contributed by atoms with E-state index in [1.54, 1.807) is 0 Å². The average molecular weight is 252 g/mol. The zero-order valence-corrected chi connectivity index (χ0v) is 12.3. The summed E-state index contributed by atoms with van der Waals surface area (Å²) in [6, 6.07) is 0.357. The van der Waals surface area contributed by atoms with Crippen molar-refractivity contribution in [3.05, 3.63) is 0 Å². The quantitative estimate of drug-likeness (QED) is 0.793. The van der Waals surface area contributed by atoms with Gasteiger partial charge in [0, 0.05) is 28.8 Å². The van der Waals surface area contributed by atoms with E-state index < -0.39 is 0 Å². The van der Waals surface area contributed by atoms with Gasteiger partial charge in [-0.3, -0.25) is 4.79 Å². The van der Waals surface area contributed by atoms with Gasteiger partial charge in [0.25, 0.3) is 0 Å². The van der Waals surface area contributed by atoms with Crippen LogP contribution in [0.15, 0.2) is 0 Å². The van der Waals surface area contributed by atoms with Crippen LogP contribution >= 0.6 is 0 Å². The summed E-state index contributed by atoms with van der Waals surface area (Å²) in [7, 11) is 0. The smallest absolute Gasteiger partial charge is 0.223 e. The number of carbonyl (C=O) groups excluding carboxylic acids is 1. The maximum Gasteiger partial charge on any atom is 0.223 e. The highest BCUT2D eigenvalue weighted by molar-refractivity contribution is 5.79. The molecule has 0 atom stereocenters. The van der Waals surface area contributed by atoms with Crippen LogP contribution in [0.1, 0.15) is 59.8 Å². The van der Waals surface area contributed by atoms with Crippen molar-refractivity contribution in [3.63, 3.8) is 0 Å². The normalized spacial score (nSPS) is 34.7. The zero-order chi connectivity index (χ0) is 13.6. The third kappa shape index (κ3) is 2.07. The molecule has 2 rings (SSSR count). The van der Waals surface area contributed by atoms with Crippen molar-refractivity contribution in [2.24, 2.45) is 22.5 Å². The highest BCUT2D eigenvalue weighted by Gasteiger charge is 2.60. The Kier molecular flexibility index (Phi) is 3.48. The Labute approximate surface area is 111 Å². The summed E-state index contributed by atoms with van der Waals surface area (Å²) in [4.78, 5) is 12.3. The second-order valence-corrected chi connectivity index (χ2v) is 7.40. The van der Waals surface area contributed by atoms with Crippen molar-refractivity contribution < 1.29 is 4.79 Å². The predicted octanol–water partition coefficient (Wildman–Crippen LogP) is 2.44. The van der Waals surface area contributed by atoms with Gasteiger partial charge >= 0.3 is 0 Å². The lowest BCUT2D eigenvalue weighted by Crippen LogP contribution is -2.76. The van der Waals surface area contributed by atoms with E-state index in [0.29, 0.717) is 0 Å². The Hall–Kier alpha value is -0.570. The van der Waals surface area contributed by atoms with Crippen LogP contribution in [0.3, 0.4) is 0 Å². The molecule has 2 aliphatic rings. The number of rotatable bonds is 2. The first-order chi connectivity index (χ1) is 8.28. The van der Waals surface area contributed by atoms with Gasteiger partial charge in [0.05, 0.1) is 0 Å². The third-order valence-electron chi connectivity index (χ3n) is 5.35. The second kappa shape index (κ2) is 4.52. The fourth-order valence-corrected chi connectivity index (χ4v) is 4.18. The lowest BCUT2D eigenvalue weighted by molar-refractivity contribution is -0.136. The topological polar surface area (TPSA) is 55.1 Å². The molecule has 18 heavy (non-hydrogen) atoms. The first kappa shape index (κ1) is 13.9. The molecule has 0 aromatic rings. The molecule has 0 heterocycles. The Bertz CT molecular complexity index is 313. The Morgan fingerprint density at radius 3 is 2.06 bits per heavy atom. The summed E-state index contributed by atoms with van der Waals surface area (Å²) in [6.45, 7) is 8.65. The van der Waals surface area contributed by atoms with Gasteiger partial charge in [0.2, 0.25) is 5.91 Å². The van der Waals surface area contributed by atoms with Crippen LogP contribution in [-0.4, -0.2) is 18.0 Å². The Balaban J connectivity index is 1.98. The van der Waals surface area contributed by atoms with Crippen molar-refractivity contribution in [3.8, 4) is 0 Å². The van der Waals surface area contributed by atoms with E-state index >= 15 is 0 Å². The Morgan fingerprint density at radius 2 is 1.56 bits per heavy atom.